The minimum atomic E-state index is 0.321. The van der Waals surface area contributed by atoms with E-state index in [1.165, 1.54) is 18.4 Å². The Balaban J connectivity index is 1.37. The van der Waals surface area contributed by atoms with Crippen molar-refractivity contribution in [2.75, 3.05) is 25.2 Å². The van der Waals surface area contributed by atoms with Crippen LogP contribution in [0.4, 0.5) is 5.69 Å². The van der Waals surface area contributed by atoms with Gasteiger partial charge in [-0.3, -0.25) is 9.88 Å². The molecule has 5 heteroatoms. The summed E-state index contributed by atoms with van der Waals surface area (Å²) >= 11 is 0. The number of pyridine rings is 1. The molecule has 0 bridgehead atoms. The first-order valence-electron chi connectivity index (χ1n) is 8.14. The Labute approximate surface area is 136 Å². The minimum absolute atomic E-state index is 0.321. The van der Waals surface area contributed by atoms with Crippen molar-refractivity contribution >= 4 is 5.69 Å². The van der Waals surface area contributed by atoms with E-state index in [1.54, 1.807) is 0 Å². The van der Waals surface area contributed by atoms with Gasteiger partial charge in [-0.1, -0.05) is 6.07 Å². The van der Waals surface area contributed by atoms with Crippen LogP contribution in [-0.2, 0) is 6.54 Å². The third-order valence-electron chi connectivity index (χ3n) is 4.38. The van der Waals surface area contributed by atoms with Crippen molar-refractivity contribution in [2.24, 2.45) is 0 Å². The maximum absolute atomic E-state index is 5.45. The van der Waals surface area contributed by atoms with Crippen LogP contribution < -0.4 is 14.8 Å². The van der Waals surface area contributed by atoms with Gasteiger partial charge in [-0.15, -0.1) is 0 Å². The molecule has 1 fully saturated rings. The molecule has 0 saturated carbocycles. The van der Waals surface area contributed by atoms with Crippen LogP contribution in [0.5, 0.6) is 11.5 Å². The van der Waals surface area contributed by atoms with Gasteiger partial charge in [0.05, 0.1) is 0 Å². The maximum Gasteiger partial charge on any atom is 0.231 e. The highest BCUT2D eigenvalue weighted by Gasteiger charge is 2.21. The first-order chi connectivity index (χ1) is 11.4. The van der Waals surface area contributed by atoms with Crippen LogP contribution in [0.3, 0.4) is 0 Å². The van der Waals surface area contributed by atoms with E-state index in [1.807, 2.05) is 30.6 Å². The van der Waals surface area contributed by atoms with Crippen LogP contribution in [0, 0.1) is 0 Å². The number of nitrogens with one attached hydrogen (secondary N) is 1. The van der Waals surface area contributed by atoms with Gasteiger partial charge in [0.2, 0.25) is 6.79 Å². The fourth-order valence-electron chi connectivity index (χ4n) is 3.29. The zero-order valence-corrected chi connectivity index (χ0v) is 13.1. The van der Waals surface area contributed by atoms with Gasteiger partial charge < -0.3 is 14.8 Å². The maximum atomic E-state index is 5.45. The Morgan fingerprint density at radius 1 is 1.22 bits per heavy atom. The summed E-state index contributed by atoms with van der Waals surface area (Å²) < 4.78 is 10.8. The zero-order valence-electron chi connectivity index (χ0n) is 13.1. The highest BCUT2D eigenvalue weighted by molar-refractivity contribution is 5.56. The van der Waals surface area contributed by atoms with E-state index < -0.39 is 0 Å². The van der Waals surface area contributed by atoms with Gasteiger partial charge in [-0.2, -0.15) is 0 Å². The highest BCUT2D eigenvalue weighted by Crippen LogP contribution is 2.34. The average Bonchev–Trinajstić information content (AvgIpc) is 3.04. The molecule has 1 aromatic carbocycles. The zero-order chi connectivity index (χ0) is 15.5. The first-order valence-corrected chi connectivity index (χ1v) is 8.14. The quantitative estimate of drug-likeness (QED) is 0.941. The second-order valence-electron chi connectivity index (χ2n) is 6.15. The molecule has 2 aliphatic rings. The Kier molecular flexibility index (Phi) is 4.03. The molecule has 0 unspecified atom stereocenters. The summed E-state index contributed by atoms with van der Waals surface area (Å²) in [6.07, 6.45) is 6.18. The summed E-state index contributed by atoms with van der Waals surface area (Å²) in [5.74, 6) is 1.66. The van der Waals surface area contributed by atoms with Crippen LogP contribution in [0.15, 0.2) is 42.7 Å². The van der Waals surface area contributed by atoms with Crippen LogP contribution in [0.25, 0.3) is 0 Å². The van der Waals surface area contributed by atoms with Gasteiger partial charge in [0, 0.05) is 43.3 Å². The SMILES string of the molecule is c1cncc(CN2CCC[C@@H](Nc3ccc4c(c3)OCO4)C2)c1. The number of ether oxygens (including phenoxy) is 2. The fraction of sp³-hybridized carbons (Fsp3) is 0.389. The van der Waals surface area contributed by atoms with Crippen LogP contribution in [0.1, 0.15) is 18.4 Å². The number of anilines is 1. The Bertz CT molecular complexity index is 663. The summed E-state index contributed by atoms with van der Waals surface area (Å²) in [6.45, 7) is 3.48. The molecule has 2 aromatic rings. The fourth-order valence-corrected chi connectivity index (χ4v) is 3.29. The van der Waals surface area contributed by atoms with E-state index in [0.717, 1.165) is 36.8 Å². The number of nitrogens with zero attached hydrogens (tertiary/aromatic N) is 2. The Hall–Kier alpha value is -2.27. The van der Waals surface area contributed by atoms with Crippen LogP contribution in [-0.4, -0.2) is 35.8 Å². The number of fused-ring (bicyclic) bond motifs is 1. The van der Waals surface area contributed by atoms with E-state index in [-0.39, 0.29) is 0 Å². The third-order valence-corrected chi connectivity index (χ3v) is 4.38. The van der Waals surface area contributed by atoms with Crippen molar-refractivity contribution < 1.29 is 9.47 Å². The van der Waals surface area contributed by atoms with Gasteiger partial charge in [-0.25, -0.2) is 0 Å². The lowest BCUT2D eigenvalue weighted by molar-refractivity contribution is 0.174. The molecule has 2 aliphatic heterocycles. The lowest BCUT2D eigenvalue weighted by Gasteiger charge is -2.33. The minimum Gasteiger partial charge on any atom is -0.454 e. The van der Waals surface area contributed by atoms with Gasteiger partial charge in [0.25, 0.3) is 0 Å². The van der Waals surface area contributed by atoms with E-state index in [4.69, 9.17) is 9.47 Å². The average molecular weight is 311 g/mol. The molecule has 23 heavy (non-hydrogen) atoms. The standard InChI is InChI=1S/C18H21N3O2/c1-3-14(10-19-7-1)11-21-8-2-4-16(12-21)20-15-5-6-17-18(9-15)23-13-22-17/h1,3,5-7,9-10,16,20H,2,4,8,11-13H2/t16-/m1/s1. The van der Waals surface area contributed by atoms with E-state index in [0.29, 0.717) is 12.8 Å². The molecular weight excluding hydrogens is 290 g/mol. The predicted octanol–water partition coefficient (Wildman–Crippen LogP) is 2.89. The summed E-state index contributed by atoms with van der Waals surface area (Å²) in [4.78, 5) is 6.69. The number of aromatic nitrogens is 1. The number of rotatable bonds is 4. The number of benzene rings is 1. The van der Waals surface area contributed by atoms with Crippen LogP contribution in [0.2, 0.25) is 0 Å². The van der Waals surface area contributed by atoms with Crippen molar-refractivity contribution in [1.29, 1.82) is 0 Å². The van der Waals surface area contributed by atoms with Crippen LogP contribution >= 0.6 is 0 Å². The molecular formula is C18H21N3O2. The van der Waals surface area contributed by atoms with Crippen molar-refractivity contribution in [3.8, 4) is 11.5 Å². The van der Waals surface area contributed by atoms with E-state index in [2.05, 4.69) is 27.3 Å². The Morgan fingerprint density at radius 3 is 3.09 bits per heavy atom. The van der Waals surface area contributed by atoms with Crippen molar-refractivity contribution in [3.05, 3.63) is 48.3 Å². The monoisotopic (exact) mass is 311 g/mol. The molecule has 1 atom stereocenters. The number of piperidine rings is 1. The van der Waals surface area contributed by atoms with E-state index >= 15 is 0 Å². The topological polar surface area (TPSA) is 46.6 Å². The number of likely N-dealkylation sites (tertiary alicyclic amines) is 1. The second kappa shape index (κ2) is 6.46. The molecule has 0 aliphatic carbocycles. The smallest absolute Gasteiger partial charge is 0.231 e. The number of hydrogen-bond donors (Lipinski definition) is 1. The largest absolute Gasteiger partial charge is 0.454 e. The molecule has 5 nitrogen and oxygen atoms in total. The molecule has 0 spiro atoms. The van der Waals surface area contributed by atoms with Gasteiger partial charge in [-0.05, 0) is 43.1 Å². The molecule has 1 N–H and O–H groups in total. The Morgan fingerprint density at radius 2 is 2.17 bits per heavy atom. The second-order valence-corrected chi connectivity index (χ2v) is 6.15. The summed E-state index contributed by atoms with van der Waals surface area (Å²) in [5.41, 5.74) is 2.37. The van der Waals surface area contributed by atoms with Crippen molar-refractivity contribution in [1.82, 2.24) is 9.88 Å². The summed E-state index contributed by atoms with van der Waals surface area (Å²) in [5, 5.41) is 3.63. The molecule has 120 valence electrons. The van der Waals surface area contributed by atoms with Gasteiger partial charge >= 0.3 is 0 Å². The molecule has 3 heterocycles. The molecule has 4 rings (SSSR count). The molecule has 0 amide bonds. The summed E-state index contributed by atoms with van der Waals surface area (Å²) in [7, 11) is 0. The van der Waals surface area contributed by atoms with Gasteiger partial charge in [0.15, 0.2) is 11.5 Å². The van der Waals surface area contributed by atoms with Gasteiger partial charge in [0.1, 0.15) is 0 Å². The number of hydrogen-bond acceptors (Lipinski definition) is 5. The normalized spacial score (nSPS) is 20.4. The highest BCUT2D eigenvalue weighted by atomic mass is 16.7. The predicted molar refractivity (Wildman–Crippen MR) is 88.7 cm³/mol. The molecule has 0 radical (unpaired) electrons. The lowest BCUT2D eigenvalue weighted by Crippen LogP contribution is -2.41. The molecule has 1 saturated heterocycles. The summed E-state index contributed by atoms with van der Waals surface area (Å²) in [6, 6.07) is 10.7. The molecule has 1 aromatic heterocycles. The van der Waals surface area contributed by atoms with E-state index in [9.17, 15) is 0 Å². The van der Waals surface area contributed by atoms with Crippen molar-refractivity contribution in [2.45, 2.75) is 25.4 Å². The third kappa shape index (κ3) is 3.40. The lowest BCUT2D eigenvalue weighted by atomic mass is 10.0. The van der Waals surface area contributed by atoms with Crippen molar-refractivity contribution in [3.63, 3.8) is 0 Å². The first kappa shape index (κ1) is 14.3.